The number of carbonyl (C=O) groups excluding carboxylic acids is 1. The third-order valence-electron chi connectivity index (χ3n) is 2.62. The highest BCUT2D eigenvalue weighted by molar-refractivity contribution is 6.01. The molecule has 0 spiro atoms. The number of carboxylic acid groups (broad SMARTS) is 1. The minimum atomic E-state index is -1.09. The minimum Gasteiger partial charge on any atom is -0.492 e. The lowest BCUT2D eigenvalue weighted by Gasteiger charge is -2.08. The first-order valence-corrected chi connectivity index (χ1v) is 5.89. The van der Waals surface area contributed by atoms with Crippen molar-refractivity contribution in [1.29, 1.82) is 0 Å². The van der Waals surface area contributed by atoms with Crippen LogP contribution in [0.1, 0.15) is 13.8 Å². The minimum absolute atomic E-state index is 0.0430. The number of ether oxygens (including phenoxy) is 1. The second kappa shape index (κ2) is 7.20. The smallest absolute Gasteiger partial charge is 0.331 e. The number of hydrogen-bond acceptors (Lipinski definition) is 3. The van der Waals surface area contributed by atoms with Crippen LogP contribution in [-0.4, -0.2) is 30.1 Å². The molecule has 5 heteroatoms. The quantitative estimate of drug-likeness (QED) is 0.604. The summed E-state index contributed by atoms with van der Waals surface area (Å²) in [7, 11) is 0. The topological polar surface area (TPSA) is 75.6 Å². The number of nitrogens with one attached hydrogen (secondary N) is 1. The Balaban J connectivity index is 2.36. The summed E-state index contributed by atoms with van der Waals surface area (Å²) in [5.41, 5.74) is 0.244. The largest absolute Gasteiger partial charge is 0.492 e. The zero-order chi connectivity index (χ0) is 14.3. The van der Waals surface area contributed by atoms with E-state index in [1.54, 1.807) is 0 Å². The second-order valence-corrected chi connectivity index (χ2v) is 3.97. The molecule has 0 bridgehead atoms. The summed E-state index contributed by atoms with van der Waals surface area (Å²) in [5, 5.41) is 11.4. The molecular formula is C14H17NO4. The molecule has 0 fully saturated rings. The molecule has 1 amide bonds. The highest BCUT2D eigenvalue weighted by atomic mass is 16.5. The summed E-state index contributed by atoms with van der Waals surface area (Å²) < 4.78 is 5.40. The Labute approximate surface area is 111 Å². The first-order valence-electron chi connectivity index (χ1n) is 5.89. The molecular weight excluding hydrogens is 246 g/mol. The van der Waals surface area contributed by atoms with Gasteiger partial charge in [0.2, 0.25) is 5.91 Å². The monoisotopic (exact) mass is 263 g/mol. The number of para-hydroxylation sites is 1. The Bertz CT molecular complexity index is 479. The van der Waals surface area contributed by atoms with E-state index >= 15 is 0 Å². The van der Waals surface area contributed by atoms with Gasteiger partial charge in [-0.05, 0) is 26.0 Å². The number of carbonyl (C=O) groups is 2. The SMILES string of the molecule is CC(C(=O)O)=C(C)C(=O)NCCOc1ccccc1. The van der Waals surface area contributed by atoms with E-state index in [9.17, 15) is 9.59 Å². The van der Waals surface area contributed by atoms with Gasteiger partial charge in [0.1, 0.15) is 12.4 Å². The summed E-state index contributed by atoms with van der Waals surface area (Å²) in [6, 6.07) is 9.24. The Morgan fingerprint density at radius 3 is 2.37 bits per heavy atom. The van der Waals surface area contributed by atoms with Gasteiger partial charge in [0.25, 0.3) is 0 Å². The van der Waals surface area contributed by atoms with Crippen LogP contribution in [0.4, 0.5) is 0 Å². The number of rotatable bonds is 6. The van der Waals surface area contributed by atoms with Gasteiger partial charge in [-0.1, -0.05) is 18.2 Å². The van der Waals surface area contributed by atoms with Gasteiger partial charge in [-0.25, -0.2) is 4.79 Å². The molecule has 102 valence electrons. The molecule has 0 aliphatic heterocycles. The van der Waals surface area contributed by atoms with Crippen molar-refractivity contribution in [2.24, 2.45) is 0 Å². The molecule has 0 saturated carbocycles. The summed E-state index contributed by atoms with van der Waals surface area (Å²) in [6.07, 6.45) is 0. The number of amides is 1. The van der Waals surface area contributed by atoms with E-state index in [2.05, 4.69) is 5.32 Å². The molecule has 0 heterocycles. The van der Waals surface area contributed by atoms with Crippen LogP contribution >= 0.6 is 0 Å². The van der Waals surface area contributed by atoms with E-state index in [-0.39, 0.29) is 11.1 Å². The van der Waals surface area contributed by atoms with Gasteiger partial charge < -0.3 is 15.2 Å². The highest BCUT2D eigenvalue weighted by Crippen LogP contribution is 2.07. The van der Waals surface area contributed by atoms with Gasteiger partial charge in [0.05, 0.1) is 6.54 Å². The first kappa shape index (κ1) is 14.8. The molecule has 5 nitrogen and oxygen atoms in total. The average molecular weight is 263 g/mol. The van der Waals surface area contributed by atoms with Crippen molar-refractivity contribution in [3.8, 4) is 5.75 Å². The molecule has 1 aromatic carbocycles. The van der Waals surface area contributed by atoms with Crippen LogP contribution in [0.15, 0.2) is 41.5 Å². The van der Waals surface area contributed by atoms with E-state index in [1.165, 1.54) is 13.8 Å². The Hall–Kier alpha value is -2.30. The van der Waals surface area contributed by atoms with E-state index < -0.39 is 11.9 Å². The van der Waals surface area contributed by atoms with Gasteiger partial charge in [0, 0.05) is 11.1 Å². The van der Waals surface area contributed by atoms with Crippen LogP contribution in [-0.2, 0) is 9.59 Å². The van der Waals surface area contributed by atoms with Gasteiger partial charge in [-0.15, -0.1) is 0 Å². The standard InChI is InChI=1S/C14H17NO4/c1-10(11(2)14(17)18)13(16)15-8-9-19-12-6-4-3-5-7-12/h3-7H,8-9H2,1-2H3,(H,15,16)(H,17,18). The number of hydrogen-bond donors (Lipinski definition) is 2. The number of aliphatic carboxylic acids is 1. The molecule has 1 aromatic rings. The predicted octanol–water partition coefficient (Wildman–Crippen LogP) is 1.60. The molecule has 0 saturated heterocycles. The lowest BCUT2D eigenvalue weighted by molar-refractivity contribution is -0.133. The number of carboxylic acids is 1. The maximum Gasteiger partial charge on any atom is 0.331 e. The Morgan fingerprint density at radius 2 is 1.79 bits per heavy atom. The maximum atomic E-state index is 11.6. The lowest BCUT2D eigenvalue weighted by Crippen LogP contribution is -2.29. The average Bonchev–Trinajstić information content (AvgIpc) is 2.42. The normalized spacial score (nSPS) is 11.5. The van der Waals surface area contributed by atoms with Crippen molar-refractivity contribution in [3.05, 3.63) is 41.5 Å². The molecule has 0 aromatic heterocycles. The van der Waals surface area contributed by atoms with Crippen LogP contribution in [0.5, 0.6) is 5.75 Å². The van der Waals surface area contributed by atoms with Crippen LogP contribution in [0.3, 0.4) is 0 Å². The highest BCUT2D eigenvalue weighted by Gasteiger charge is 2.11. The van der Waals surface area contributed by atoms with E-state index in [0.29, 0.717) is 13.2 Å². The molecule has 2 N–H and O–H groups in total. The second-order valence-electron chi connectivity index (χ2n) is 3.97. The Kier molecular flexibility index (Phi) is 5.60. The summed E-state index contributed by atoms with van der Waals surface area (Å²) in [5.74, 6) is -0.754. The van der Waals surface area contributed by atoms with Crippen molar-refractivity contribution in [3.63, 3.8) is 0 Å². The molecule has 1 rings (SSSR count). The zero-order valence-corrected chi connectivity index (χ0v) is 11.0. The third kappa shape index (κ3) is 4.83. The fourth-order valence-corrected chi connectivity index (χ4v) is 1.31. The predicted molar refractivity (Wildman–Crippen MR) is 71.0 cm³/mol. The van der Waals surface area contributed by atoms with Gasteiger partial charge >= 0.3 is 5.97 Å². The van der Waals surface area contributed by atoms with Crippen molar-refractivity contribution in [2.75, 3.05) is 13.2 Å². The van der Waals surface area contributed by atoms with Gasteiger partial charge in [-0.3, -0.25) is 4.79 Å². The van der Waals surface area contributed by atoms with E-state index in [0.717, 1.165) is 5.75 Å². The number of benzene rings is 1. The molecule has 0 unspecified atom stereocenters. The van der Waals surface area contributed by atoms with E-state index in [4.69, 9.17) is 9.84 Å². The Morgan fingerprint density at radius 1 is 1.16 bits per heavy atom. The molecule has 0 radical (unpaired) electrons. The van der Waals surface area contributed by atoms with Crippen LogP contribution in [0.2, 0.25) is 0 Å². The fraction of sp³-hybridized carbons (Fsp3) is 0.286. The molecule has 0 aliphatic carbocycles. The van der Waals surface area contributed by atoms with Gasteiger partial charge in [0.15, 0.2) is 0 Å². The first-order chi connectivity index (χ1) is 9.02. The summed E-state index contributed by atoms with van der Waals surface area (Å²) in [4.78, 5) is 22.3. The lowest BCUT2D eigenvalue weighted by atomic mass is 10.1. The summed E-state index contributed by atoms with van der Waals surface area (Å²) >= 11 is 0. The van der Waals surface area contributed by atoms with Crippen molar-refractivity contribution in [2.45, 2.75) is 13.8 Å². The summed E-state index contributed by atoms with van der Waals surface area (Å²) in [6.45, 7) is 3.53. The van der Waals surface area contributed by atoms with Crippen LogP contribution < -0.4 is 10.1 Å². The third-order valence-corrected chi connectivity index (χ3v) is 2.62. The van der Waals surface area contributed by atoms with Crippen molar-refractivity contribution in [1.82, 2.24) is 5.32 Å². The van der Waals surface area contributed by atoms with Crippen molar-refractivity contribution < 1.29 is 19.4 Å². The van der Waals surface area contributed by atoms with Crippen molar-refractivity contribution >= 4 is 11.9 Å². The van der Waals surface area contributed by atoms with E-state index in [1.807, 2.05) is 30.3 Å². The molecule has 0 atom stereocenters. The molecule has 0 aliphatic rings. The van der Waals surface area contributed by atoms with Gasteiger partial charge in [-0.2, -0.15) is 0 Å². The zero-order valence-electron chi connectivity index (χ0n) is 11.0. The molecule has 19 heavy (non-hydrogen) atoms. The van der Waals surface area contributed by atoms with Crippen LogP contribution in [0, 0.1) is 0 Å². The maximum absolute atomic E-state index is 11.6. The fourth-order valence-electron chi connectivity index (χ4n) is 1.31. The van der Waals surface area contributed by atoms with Crippen LogP contribution in [0.25, 0.3) is 0 Å².